The zero-order valence-corrected chi connectivity index (χ0v) is 16.0. The first-order valence-corrected chi connectivity index (χ1v) is 10.1. The molecule has 2 heterocycles. The maximum Gasteiger partial charge on any atom is 0.253 e. The van der Waals surface area contributed by atoms with Crippen LogP contribution in [0.3, 0.4) is 0 Å². The second-order valence-electron chi connectivity index (χ2n) is 6.74. The summed E-state index contributed by atoms with van der Waals surface area (Å²) in [6.07, 6.45) is 2.48. The summed E-state index contributed by atoms with van der Waals surface area (Å²) in [6, 6.07) is 7.09. The maximum absolute atomic E-state index is 12.6. The van der Waals surface area contributed by atoms with Crippen LogP contribution in [0.1, 0.15) is 43.6 Å². The smallest absolute Gasteiger partial charge is 0.253 e. The highest BCUT2D eigenvalue weighted by atomic mass is 35.5. The van der Waals surface area contributed by atoms with Crippen molar-refractivity contribution in [3.05, 3.63) is 50.4 Å². The second-order valence-corrected chi connectivity index (χ2v) is 8.26. The second kappa shape index (κ2) is 7.47. The van der Waals surface area contributed by atoms with E-state index in [4.69, 9.17) is 11.6 Å². The Bertz CT molecular complexity index is 843. The lowest BCUT2D eigenvalue weighted by Crippen LogP contribution is -2.48. The molecule has 2 aromatic rings. The van der Waals surface area contributed by atoms with Crippen LogP contribution in [0.15, 0.2) is 24.3 Å². The van der Waals surface area contributed by atoms with Crippen LogP contribution in [-0.2, 0) is 13.0 Å². The molecule has 0 radical (unpaired) electrons. The fraction of sp³-hybridized carbons (Fsp3) is 0.421. The molecule has 0 unspecified atom stereocenters. The fourth-order valence-corrected chi connectivity index (χ4v) is 4.80. The van der Waals surface area contributed by atoms with Crippen LogP contribution in [0, 0.1) is 0 Å². The first-order chi connectivity index (χ1) is 12.6. The van der Waals surface area contributed by atoms with Crippen LogP contribution in [0.2, 0.25) is 5.02 Å². The molecule has 1 amide bonds. The first kappa shape index (κ1) is 17.6. The molecule has 0 bridgehead atoms. The summed E-state index contributed by atoms with van der Waals surface area (Å²) in [7, 11) is 0. The van der Waals surface area contributed by atoms with Gasteiger partial charge in [0.2, 0.25) is 0 Å². The molecule has 136 valence electrons. The van der Waals surface area contributed by atoms with Gasteiger partial charge in [0.15, 0.2) is 5.78 Å². The molecule has 26 heavy (non-hydrogen) atoms. The van der Waals surface area contributed by atoms with Crippen molar-refractivity contribution in [1.82, 2.24) is 14.8 Å². The number of carbonyl (C=O) groups is 2. The van der Waals surface area contributed by atoms with E-state index in [2.05, 4.69) is 9.88 Å². The van der Waals surface area contributed by atoms with Gasteiger partial charge in [-0.25, -0.2) is 4.98 Å². The minimum absolute atomic E-state index is 0.0301. The number of hydrogen-bond donors (Lipinski definition) is 0. The molecule has 1 aromatic heterocycles. The molecule has 5 nitrogen and oxygen atoms in total. The molecule has 0 atom stereocenters. The predicted octanol–water partition coefficient (Wildman–Crippen LogP) is 3.27. The molecule has 4 rings (SSSR count). The van der Waals surface area contributed by atoms with Crippen LogP contribution >= 0.6 is 22.9 Å². The highest BCUT2D eigenvalue weighted by Crippen LogP contribution is 2.27. The monoisotopic (exact) mass is 389 g/mol. The third kappa shape index (κ3) is 3.68. The van der Waals surface area contributed by atoms with Crippen LogP contribution in [0.4, 0.5) is 0 Å². The van der Waals surface area contributed by atoms with Gasteiger partial charge in [-0.1, -0.05) is 17.7 Å². The maximum atomic E-state index is 12.6. The highest BCUT2D eigenvalue weighted by Gasteiger charge is 2.25. The molecular formula is C19H20ClN3O2S. The number of piperazine rings is 1. The van der Waals surface area contributed by atoms with Crippen molar-refractivity contribution in [3.8, 4) is 0 Å². The highest BCUT2D eigenvalue weighted by molar-refractivity contribution is 7.13. The van der Waals surface area contributed by atoms with Gasteiger partial charge in [-0.3, -0.25) is 14.5 Å². The quantitative estimate of drug-likeness (QED) is 0.808. The van der Waals surface area contributed by atoms with Gasteiger partial charge < -0.3 is 4.90 Å². The lowest BCUT2D eigenvalue weighted by Gasteiger charge is -2.34. The molecular weight excluding hydrogens is 370 g/mol. The average Bonchev–Trinajstić information content (AvgIpc) is 3.06. The van der Waals surface area contributed by atoms with Crippen LogP contribution in [-0.4, -0.2) is 52.7 Å². The lowest BCUT2D eigenvalue weighted by atomic mass is 10.0. The fourth-order valence-electron chi connectivity index (χ4n) is 3.49. The van der Waals surface area contributed by atoms with Crippen molar-refractivity contribution >= 4 is 34.6 Å². The lowest BCUT2D eigenvalue weighted by molar-refractivity contribution is 0.0628. The van der Waals surface area contributed by atoms with E-state index in [-0.39, 0.29) is 11.7 Å². The van der Waals surface area contributed by atoms with E-state index in [0.29, 0.717) is 30.1 Å². The first-order valence-electron chi connectivity index (χ1n) is 8.89. The number of fused-ring (bicyclic) bond motifs is 1. The Balaban J connectivity index is 1.35. The van der Waals surface area contributed by atoms with Gasteiger partial charge in [0.1, 0.15) is 5.01 Å². The Hall–Kier alpha value is -1.76. The number of aryl methyl sites for hydroxylation is 1. The molecule has 0 N–H and O–H groups in total. The van der Waals surface area contributed by atoms with Crippen molar-refractivity contribution in [2.75, 3.05) is 26.2 Å². The van der Waals surface area contributed by atoms with Gasteiger partial charge in [-0.05, 0) is 31.0 Å². The number of carbonyl (C=O) groups excluding carboxylic acids is 2. The summed E-state index contributed by atoms with van der Waals surface area (Å²) < 4.78 is 0. The van der Waals surface area contributed by atoms with E-state index in [1.54, 1.807) is 35.6 Å². The van der Waals surface area contributed by atoms with E-state index in [0.717, 1.165) is 48.1 Å². The van der Waals surface area contributed by atoms with Gasteiger partial charge in [0.25, 0.3) is 5.91 Å². The molecule has 1 fully saturated rings. The van der Waals surface area contributed by atoms with Crippen molar-refractivity contribution in [2.45, 2.75) is 25.8 Å². The Morgan fingerprint density at radius 2 is 2.00 bits per heavy atom. The number of aromatic nitrogens is 1. The number of ketones is 1. The Morgan fingerprint density at radius 3 is 2.73 bits per heavy atom. The number of hydrogen-bond acceptors (Lipinski definition) is 5. The van der Waals surface area contributed by atoms with E-state index >= 15 is 0 Å². The number of thiazole rings is 1. The Morgan fingerprint density at radius 1 is 1.19 bits per heavy atom. The number of Topliss-reactive ketones (excluding diaryl/α,β-unsaturated/α-hetero) is 1. The number of halogens is 1. The molecule has 1 aliphatic carbocycles. The van der Waals surface area contributed by atoms with Crippen LogP contribution in [0.5, 0.6) is 0 Å². The van der Waals surface area contributed by atoms with E-state index in [1.807, 2.05) is 4.90 Å². The van der Waals surface area contributed by atoms with Crippen molar-refractivity contribution < 1.29 is 9.59 Å². The zero-order chi connectivity index (χ0) is 18.1. The molecule has 1 saturated heterocycles. The predicted molar refractivity (Wildman–Crippen MR) is 102 cm³/mol. The summed E-state index contributed by atoms with van der Waals surface area (Å²) in [5.41, 5.74) is 1.62. The van der Waals surface area contributed by atoms with Gasteiger partial charge in [-0.2, -0.15) is 0 Å². The number of nitrogens with zero attached hydrogens (tertiary/aromatic N) is 3. The minimum atomic E-state index is 0.0301. The summed E-state index contributed by atoms with van der Waals surface area (Å²) in [5.74, 6) is 0.273. The molecule has 7 heteroatoms. The third-order valence-electron chi connectivity index (χ3n) is 4.90. The summed E-state index contributed by atoms with van der Waals surface area (Å²) in [5, 5.41) is 1.59. The van der Waals surface area contributed by atoms with Crippen LogP contribution < -0.4 is 0 Å². The Kier molecular flexibility index (Phi) is 5.07. The van der Waals surface area contributed by atoms with E-state index in [9.17, 15) is 9.59 Å². The van der Waals surface area contributed by atoms with E-state index < -0.39 is 0 Å². The molecule has 0 spiro atoms. The van der Waals surface area contributed by atoms with Gasteiger partial charge in [0.05, 0.1) is 17.1 Å². The standard InChI is InChI=1S/C19H20ClN3O2S/c20-14-4-1-3-13(11-14)19(25)23-9-7-22(8-10-23)12-17-21-15-5-2-6-16(24)18(15)26-17/h1,3-4,11H,2,5-10,12H2. The zero-order valence-electron chi connectivity index (χ0n) is 14.4. The van der Waals surface area contributed by atoms with Crippen molar-refractivity contribution in [1.29, 1.82) is 0 Å². The summed E-state index contributed by atoms with van der Waals surface area (Å²) in [6.45, 7) is 3.75. The van der Waals surface area contributed by atoms with Crippen molar-refractivity contribution in [3.63, 3.8) is 0 Å². The average molecular weight is 390 g/mol. The van der Waals surface area contributed by atoms with Crippen molar-refractivity contribution in [2.24, 2.45) is 0 Å². The molecule has 1 aliphatic heterocycles. The largest absolute Gasteiger partial charge is 0.336 e. The topological polar surface area (TPSA) is 53.5 Å². The number of amides is 1. The van der Waals surface area contributed by atoms with E-state index in [1.165, 1.54) is 0 Å². The molecule has 1 aromatic carbocycles. The number of benzene rings is 1. The minimum Gasteiger partial charge on any atom is -0.336 e. The summed E-state index contributed by atoms with van der Waals surface area (Å²) >= 11 is 7.53. The summed E-state index contributed by atoms with van der Waals surface area (Å²) in [4.78, 5) is 34.3. The normalized spacial score (nSPS) is 18.0. The number of rotatable bonds is 3. The van der Waals surface area contributed by atoms with Gasteiger partial charge in [0, 0.05) is 43.2 Å². The molecule has 2 aliphatic rings. The van der Waals surface area contributed by atoms with Gasteiger partial charge in [-0.15, -0.1) is 11.3 Å². The molecule has 0 saturated carbocycles. The Labute approximate surface area is 161 Å². The van der Waals surface area contributed by atoms with Crippen LogP contribution in [0.25, 0.3) is 0 Å². The third-order valence-corrected chi connectivity index (χ3v) is 6.26. The van der Waals surface area contributed by atoms with Gasteiger partial charge >= 0.3 is 0 Å². The SMILES string of the molecule is O=C1CCCc2nc(CN3CCN(C(=O)c4cccc(Cl)c4)CC3)sc21.